The van der Waals surface area contributed by atoms with Gasteiger partial charge in [0.05, 0.1) is 12.9 Å². The van der Waals surface area contributed by atoms with Gasteiger partial charge in [-0.2, -0.15) is 8.42 Å². The zero-order valence-corrected chi connectivity index (χ0v) is 23.6. The van der Waals surface area contributed by atoms with Crippen molar-refractivity contribution in [1.82, 2.24) is 4.90 Å². The Balaban J connectivity index is 1.96. The maximum atomic E-state index is 11.5. The fraction of sp³-hybridized carbons (Fsp3) is 0.419. The highest BCUT2D eigenvalue weighted by Crippen LogP contribution is 2.36. The van der Waals surface area contributed by atoms with Crippen LogP contribution in [0.5, 0.6) is 5.75 Å². The Morgan fingerprint density at radius 3 is 2.03 bits per heavy atom. The van der Waals surface area contributed by atoms with Gasteiger partial charge in [-0.1, -0.05) is 72.8 Å². The van der Waals surface area contributed by atoms with E-state index in [9.17, 15) is 8.42 Å². The molecular weight excluding hydrogens is 482 g/mol. The van der Waals surface area contributed by atoms with Crippen LogP contribution in [0.2, 0.25) is 0 Å². The second-order valence-corrected chi connectivity index (χ2v) is 11.7. The molecular formula is C31H41NO4S. The average Bonchev–Trinajstić information content (AvgIpc) is 2.86. The number of nitrogens with zero attached hydrogens (tertiary/aromatic N) is 1. The van der Waals surface area contributed by atoms with Crippen molar-refractivity contribution < 1.29 is 17.3 Å². The van der Waals surface area contributed by atoms with Gasteiger partial charge in [0.2, 0.25) is 0 Å². The van der Waals surface area contributed by atoms with Crippen molar-refractivity contribution in [3.05, 3.63) is 101 Å². The molecule has 6 heteroatoms. The van der Waals surface area contributed by atoms with E-state index in [0.717, 1.165) is 41.7 Å². The van der Waals surface area contributed by atoms with Crippen LogP contribution in [0.3, 0.4) is 0 Å². The average molecular weight is 524 g/mol. The molecule has 0 aliphatic heterocycles. The predicted molar refractivity (Wildman–Crippen MR) is 152 cm³/mol. The molecule has 0 saturated heterocycles. The van der Waals surface area contributed by atoms with Crippen molar-refractivity contribution in [3.63, 3.8) is 0 Å². The molecule has 0 radical (unpaired) electrons. The second kappa shape index (κ2) is 13.8. The molecule has 0 aromatic heterocycles. The summed E-state index contributed by atoms with van der Waals surface area (Å²) in [5, 5.41) is 0. The highest BCUT2D eigenvalue weighted by atomic mass is 32.2. The first-order valence-corrected chi connectivity index (χ1v) is 14.9. The first-order chi connectivity index (χ1) is 17.6. The molecule has 0 aliphatic rings. The zero-order chi connectivity index (χ0) is 26.8. The third-order valence-corrected chi connectivity index (χ3v) is 7.17. The molecule has 37 heavy (non-hydrogen) atoms. The van der Waals surface area contributed by atoms with Crippen molar-refractivity contribution in [2.24, 2.45) is 0 Å². The van der Waals surface area contributed by atoms with Gasteiger partial charge in [-0.15, -0.1) is 0 Å². The molecule has 3 aromatic carbocycles. The van der Waals surface area contributed by atoms with E-state index in [2.05, 4.69) is 75.1 Å². The Morgan fingerprint density at radius 2 is 1.43 bits per heavy atom. The SMILES string of the molecule is CC(C)N(CC[C@H](c1ccccc1)c1cc(CCOS(C)(=O)=O)ccc1OCc1ccccc1)C(C)C. The monoisotopic (exact) mass is 523 g/mol. The molecule has 0 heterocycles. The lowest BCUT2D eigenvalue weighted by Crippen LogP contribution is -2.38. The maximum absolute atomic E-state index is 11.5. The van der Waals surface area contributed by atoms with Crippen LogP contribution in [-0.2, 0) is 27.3 Å². The molecule has 0 unspecified atom stereocenters. The number of hydrogen-bond donors (Lipinski definition) is 0. The van der Waals surface area contributed by atoms with Crippen molar-refractivity contribution >= 4 is 10.1 Å². The largest absolute Gasteiger partial charge is 0.489 e. The van der Waals surface area contributed by atoms with Crippen LogP contribution in [0, 0.1) is 0 Å². The Hall–Kier alpha value is -2.67. The van der Waals surface area contributed by atoms with E-state index >= 15 is 0 Å². The van der Waals surface area contributed by atoms with E-state index in [1.165, 1.54) is 5.56 Å². The molecule has 5 nitrogen and oxygen atoms in total. The second-order valence-electron chi connectivity index (χ2n) is 10.1. The summed E-state index contributed by atoms with van der Waals surface area (Å²) in [4.78, 5) is 2.52. The van der Waals surface area contributed by atoms with Crippen LogP contribution >= 0.6 is 0 Å². The van der Waals surface area contributed by atoms with Crippen molar-refractivity contribution in [1.29, 1.82) is 0 Å². The van der Waals surface area contributed by atoms with Crippen LogP contribution in [-0.4, -0.2) is 44.8 Å². The van der Waals surface area contributed by atoms with Gasteiger partial charge in [0.25, 0.3) is 10.1 Å². The van der Waals surface area contributed by atoms with Gasteiger partial charge >= 0.3 is 0 Å². The summed E-state index contributed by atoms with van der Waals surface area (Å²) < 4.78 is 34.4. The third kappa shape index (κ3) is 9.29. The van der Waals surface area contributed by atoms with Crippen molar-refractivity contribution in [2.45, 2.75) is 65.1 Å². The van der Waals surface area contributed by atoms with Gasteiger partial charge in [-0.05, 0) is 69.8 Å². The molecule has 0 fully saturated rings. The first-order valence-electron chi connectivity index (χ1n) is 13.1. The van der Waals surface area contributed by atoms with Gasteiger partial charge < -0.3 is 4.74 Å². The molecule has 0 bridgehead atoms. The van der Waals surface area contributed by atoms with Gasteiger partial charge in [0, 0.05) is 23.6 Å². The van der Waals surface area contributed by atoms with E-state index in [-0.39, 0.29) is 12.5 Å². The zero-order valence-electron chi connectivity index (χ0n) is 22.8. The topological polar surface area (TPSA) is 55.8 Å². The first kappa shape index (κ1) is 28.9. The predicted octanol–water partition coefficient (Wildman–Crippen LogP) is 6.43. The minimum atomic E-state index is -3.48. The van der Waals surface area contributed by atoms with Crippen LogP contribution in [0.15, 0.2) is 78.9 Å². The van der Waals surface area contributed by atoms with Gasteiger partial charge in [-0.25, -0.2) is 0 Å². The molecule has 3 rings (SSSR count). The molecule has 0 N–H and O–H groups in total. The molecule has 3 aromatic rings. The standard InChI is InChI=1S/C31H41NO4S/c1-24(2)32(25(3)4)20-18-29(28-14-10-7-11-15-28)30-22-26(19-21-36-37(5,33)34)16-17-31(30)35-23-27-12-8-6-9-13-27/h6-17,22,24-25,29H,18-21,23H2,1-5H3/t29-/m1/s1. The van der Waals surface area contributed by atoms with Gasteiger partial charge in [0.15, 0.2) is 0 Å². The Kier molecular flexibility index (Phi) is 10.7. The van der Waals surface area contributed by atoms with Crippen molar-refractivity contribution in [2.75, 3.05) is 19.4 Å². The highest BCUT2D eigenvalue weighted by molar-refractivity contribution is 7.85. The van der Waals surface area contributed by atoms with Crippen LogP contribution < -0.4 is 4.74 Å². The summed E-state index contributed by atoms with van der Waals surface area (Å²) in [7, 11) is -3.48. The lowest BCUT2D eigenvalue weighted by Gasteiger charge is -2.32. The molecule has 0 spiro atoms. The number of hydrogen-bond acceptors (Lipinski definition) is 5. The number of benzene rings is 3. The molecule has 0 aliphatic carbocycles. The number of ether oxygens (including phenoxy) is 1. The summed E-state index contributed by atoms with van der Waals surface area (Å²) in [6.45, 7) is 10.5. The van der Waals surface area contributed by atoms with E-state index in [0.29, 0.717) is 25.1 Å². The highest BCUT2D eigenvalue weighted by Gasteiger charge is 2.22. The quantitative estimate of drug-likeness (QED) is 0.228. The molecule has 1 atom stereocenters. The fourth-order valence-corrected chi connectivity index (χ4v) is 5.17. The smallest absolute Gasteiger partial charge is 0.264 e. The van der Waals surface area contributed by atoms with Crippen molar-refractivity contribution in [3.8, 4) is 5.75 Å². The summed E-state index contributed by atoms with van der Waals surface area (Å²) in [6, 6.07) is 27.8. The fourth-order valence-electron chi connectivity index (χ4n) is 4.78. The number of rotatable bonds is 14. The van der Waals surface area contributed by atoms with Crippen LogP contribution in [0.1, 0.15) is 62.3 Å². The summed E-state index contributed by atoms with van der Waals surface area (Å²) in [6.07, 6.45) is 2.52. The normalized spacial score (nSPS) is 12.9. The minimum absolute atomic E-state index is 0.118. The molecule has 200 valence electrons. The summed E-state index contributed by atoms with van der Waals surface area (Å²) in [5.41, 5.74) is 4.49. The van der Waals surface area contributed by atoms with E-state index in [1.54, 1.807) is 0 Å². The van der Waals surface area contributed by atoms with Crippen LogP contribution in [0.25, 0.3) is 0 Å². The Labute approximate surface area is 223 Å². The van der Waals surface area contributed by atoms with E-state index < -0.39 is 10.1 Å². The molecule has 0 amide bonds. The summed E-state index contributed by atoms with van der Waals surface area (Å²) in [5.74, 6) is 0.980. The van der Waals surface area contributed by atoms with Crippen LogP contribution in [0.4, 0.5) is 0 Å². The lowest BCUT2D eigenvalue weighted by atomic mass is 9.86. The van der Waals surface area contributed by atoms with Gasteiger partial charge in [-0.3, -0.25) is 9.08 Å². The Morgan fingerprint density at radius 1 is 0.811 bits per heavy atom. The lowest BCUT2D eigenvalue weighted by molar-refractivity contribution is 0.170. The van der Waals surface area contributed by atoms with Gasteiger partial charge in [0.1, 0.15) is 12.4 Å². The third-order valence-electron chi connectivity index (χ3n) is 6.58. The molecule has 0 saturated carbocycles. The Bertz CT molecular complexity index is 1190. The maximum Gasteiger partial charge on any atom is 0.264 e. The van der Waals surface area contributed by atoms with E-state index in [4.69, 9.17) is 8.92 Å². The summed E-state index contributed by atoms with van der Waals surface area (Å²) >= 11 is 0. The van der Waals surface area contributed by atoms with E-state index in [1.807, 2.05) is 36.4 Å². The minimum Gasteiger partial charge on any atom is -0.489 e.